The topological polar surface area (TPSA) is 79.0 Å². The zero-order valence-electron chi connectivity index (χ0n) is 15.1. The van der Waals surface area contributed by atoms with Crippen molar-refractivity contribution >= 4 is 23.3 Å². The van der Waals surface area contributed by atoms with Crippen molar-refractivity contribution in [2.45, 2.75) is 19.3 Å². The molecule has 1 aromatic rings. The third-order valence-corrected chi connectivity index (χ3v) is 5.15. The van der Waals surface area contributed by atoms with Gasteiger partial charge in [0.1, 0.15) is 5.75 Å². The molecule has 2 aliphatic rings. The number of piperazine rings is 1. The van der Waals surface area contributed by atoms with Gasteiger partial charge in [-0.2, -0.15) is 0 Å². The highest BCUT2D eigenvalue weighted by Crippen LogP contribution is 2.27. The van der Waals surface area contributed by atoms with Crippen LogP contribution < -0.4 is 15.0 Å². The van der Waals surface area contributed by atoms with Crippen molar-refractivity contribution in [1.82, 2.24) is 10.2 Å². The van der Waals surface area contributed by atoms with Gasteiger partial charge in [0.15, 0.2) is 0 Å². The lowest BCUT2D eigenvalue weighted by Crippen LogP contribution is -2.52. The third-order valence-electron chi connectivity index (χ3n) is 5.15. The van der Waals surface area contributed by atoms with Crippen LogP contribution in [0.3, 0.4) is 0 Å². The van der Waals surface area contributed by atoms with Crippen molar-refractivity contribution in [3.63, 3.8) is 0 Å². The number of hydrogen-bond acceptors (Lipinski definition) is 5. The minimum Gasteiger partial charge on any atom is -0.497 e. The summed E-state index contributed by atoms with van der Waals surface area (Å²) < 4.78 is 5.25. The van der Waals surface area contributed by atoms with Gasteiger partial charge in [-0.1, -0.05) is 12.5 Å². The fourth-order valence-electron chi connectivity index (χ4n) is 3.23. The molecule has 1 saturated carbocycles. The van der Waals surface area contributed by atoms with E-state index >= 15 is 0 Å². The van der Waals surface area contributed by atoms with Gasteiger partial charge in [-0.25, -0.2) is 0 Å². The second-order valence-electron chi connectivity index (χ2n) is 6.74. The van der Waals surface area contributed by atoms with E-state index in [1.54, 1.807) is 12.0 Å². The summed E-state index contributed by atoms with van der Waals surface area (Å²) in [6.07, 6.45) is 2.57. The number of Topliss-reactive ketones (excluding diaryl/α,β-unsaturated/α-hetero) is 1. The number of nitrogens with zero attached hydrogens (tertiary/aromatic N) is 2. The van der Waals surface area contributed by atoms with E-state index in [2.05, 4.69) is 10.2 Å². The Morgan fingerprint density at radius 3 is 2.50 bits per heavy atom. The number of amides is 2. The predicted octanol–water partition coefficient (Wildman–Crippen LogP) is 0.829. The molecular weight excluding hydrogens is 334 g/mol. The summed E-state index contributed by atoms with van der Waals surface area (Å²) in [5.41, 5.74) is 1.07. The predicted molar refractivity (Wildman–Crippen MR) is 97.1 cm³/mol. The van der Waals surface area contributed by atoms with E-state index in [9.17, 15) is 14.4 Å². The normalized spacial score (nSPS) is 17.4. The van der Waals surface area contributed by atoms with Crippen LogP contribution in [0.5, 0.6) is 5.75 Å². The van der Waals surface area contributed by atoms with Crippen LogP contribution in [0, 0.1) is 5.92 Å². The van der Waals surface area contributed by atoms with Crippen molar-refractivity contribution in [2.75, 3.05) is 44.7 Å². The van der Waals surface area contributed by atoms with E-state index in [1.165, 1.54) is 0 Å². The fourth-order valence-corrected chi connectivity index (χ4v) is 3.23. The first-order valence-electron chi connectivity index (χ1n) is 9.07. The lowest BCUT2D eigenvalue weighted by molar-refractivity contribution is -0.142. The molecule has 1 heterocycles. The van der Waals surface area contributed by atoms with Gasteiger partial charge in [-0.3, -0.25) is 14.4 Å². The average Bonchev–Trinajstić information content (AvgIpc) is 2.64. The van der Waals surface area contributed by atoms with Crippen LogP contribution in [0.2, 0.25) is 0 Å². The molecule has 1 aliphatic carbocycles. The van der Waals surface area contributed by atoms with Crippen LogP contribution in [0.25, 0.3) is 0 Å². The van der Waals surface area contributed by atoms with E-state index in [4.69, 9.17) is 4.74 Å². The maximum Gasteiger partial charge on any atom is 0.288 e. The number of ether oxygens (including phenoxy) is 1. The highest BCUT2D eigenvalue weighted by Gasteiger charge is 2.30. The second-order valence-corrected chi connectivity index (χ2v) is 6.74. The molecule has 2 fully saturated rings. The molecule has 1 aromatic carbocycles. The number of methoxy groups -OCH3 is 1. The van der Waals surface area contributed by atoms with Gasteiger partial charge in [0.25, 0.3) is 5.91 Å². The summed E-state index contributed by atoms with van der Waals surface area (Å²) in [5.74, 6) is -0.494. The Labute approximate surface area is 153 Å². The summed E-state index contributed by atoms with van der Waals surface area (Å²) in [6, 6.07) is 7.84. The molecule has 1 N–H and O–H groups in total. The zero-order chi connectivity index (χ0) is 18.5. The minimum absolute atomic E-state index is 0.115. The van der Waals surface area contributed by atoms with E-state index < -0.39 is 5.91 Å². The highest BCUT2D eigenvalue weighted by atomic mass is 16.5. The zero-order valence-corrected chi connectivity index (χ0v) is 15.1. The fraction of sp³-hybridized carbons (Fsp3) is 0.526. The second kappa shape index (κ2) is 8.21. The van der Waals surface area contributed by atoms with Crippen molar-refractivity contribution in [3.8, 4) is 5.75 Å². The quantitative estimate of drug-likeness (QED) is 0.761. The first-order valence-corrected chi connectivity index (χ1v) is 9.07. The molecule has 0 unspecified atom stereocenters. The van der Waals surface area contributed by atoms with Crippen LogP contribution in [0.15, 0.2) is 24.3 Å². The van der Waals surface area contributed by atoms with Crippen LogP contribution in [-0.2, 0) is 14.4 Å². The van der Waals surface area contributed by atoms with Crippen molar-refractivity contribution < 1.29 is 19.1 Å². The van der Waals surface area contributed by atoms with Gasteiger partial charge in [0.05, 0.1) is 13.7 Å². The van der Waals surface area contributed by atoms with E-state index in [1.807, 2.05) is 24.3 Å². The van der Waals surface area contributed by atoms with Gasteiger partial charge < -0.3 is 19.9 Å². The number of nitrogens with one attached hydrogen (secondary N) is 1. The third kappa shape index (κ3) is 4.15. The maximum absolute atomic E-state index is 12.3. The molecule has 0 spiro atoms. The number of anilines is 1. The number of hydrogen-bond donors (Lipinski definition) is 1. The van der Waals surface area contributed by atoms with Crippen molar-refractivity contribution in [1.29, 1.82) is 0 Å². The largest absolute Gasteiger partial charge is 0.497 e. The Morgan fingerprint density at radius 1 is 1.15 bits per heavy atom. The lowest BCUT2D eigenvalue weighted by atomic mass is 9.82. The number of rotatable bonds is 6. The van der Waals surface area contributed by atoms with Gasteiger partial charge in [-0.05, 0) is 25.0 Å². The summed E-state index contributed by atoms with van der Waals surface area (Å²) in [6.45, 7) is 2.49. The molecule has 3 rings (SSSR count). The molecule has 7 nitrogen and oxygen atoms in total. The number of ketones is 1. The Hall–Kier alpha value is -2.57. The molecule has 2 amide bonds. The Bertz CT molecular complexity index is 679. The molecule has 140 valence electrons. The maximum atomic E-state index is 12.3. The van der Waals surface area contributed by atoms with Crippen LogP contribution in [0.4, 0.5) is 5.69 Å². The molecule has 26 heavy (non-hydrogen) atoms. The van der Waals surface area contributed by atoms with Gasteiger partial charge in [-0.15, -0.1) is 0 Å². The number of carbonyl (C=O) groups excluding carboxylic acids is 3. The van der Waals surface area contributed by atoms with E-state index in [0.717, 1.165) is 30.7 Å². The summed E-state index contributed by atoms with van der Waals surface area (Å²) >= 11 is 0. The van der Waals surface area contributed by atoms with Gasteiger partial charge >= 0.3 is 0 Å². The summed E-state index contributed by atoms with van der Waals surface area (Å²) in [4.78, 5) is 39.8. The van der Waals surface area contributed by atoms with Gasteiger partial charge in [0.2, 0.25) is 11.7 Å². The molecule has 0 atom stereocenters. The highest BCUT2D eigenvalue weighted by molar-refractivity contribution is 6.37. The Morgan fingerprint density at radius 2 is 1.88 bits per heavy atom. The molecule has 0 radical (unpaired) electrons. The van der Waals surface area contributed by atoms with E-state index in [-0.39, 0.29) is 24.2 Å². The van der Waals surface area contributed by atoms with Crippen molar-refractivity contribution in [2.24, 2.45) is 5.92 Å². The standard InChI is InChI=1S/C19H25N3O4/c1-26-16-7-3-6-15(12-16)21-8-10-22(11-9-21)17(23)13-20-19(25)18(24)14-4-2-5-14/h3,6-7,12,14H,2,4-5,8-11,13H2,1H3,(H,20,25). The lowest BCUT2D eigenvalue weighted by Gasteiger charge is -2.36. The average molecular weight is 359 g/mol. The SMILES string of the molecule is COc1cccc(N2CCN(C(=O)CNC(=O)C(=O)C3CCC3)CC2)c1. The molecule has 0 bridgehead atoms. The van der Waals surface area contributed by atoms with Crippen molar-refractivity contribution in [3.05, 3.63) is 24.3 Å². The Kier molecular flexibility index (Phi) is 5.75. The molecule has 0 aromatic heterocycles. The molecule has 7 heteroatoms. The molecular formula is C19H25N3O4. The van der Waals surface area contributed by atoms with Crippen LogP contribution >= 0.6 is 0 Å². The summed E-state index contributed by atoms with van der Waals surface area (Å²) in [7, 11) is 1.64. The molecule has 1 saturated heterocycles. The Balaban J connectivity index is 1.44. The first kappa shape index (κ1) is 18.2. The first-order chi connectivity index (χ1) is 12.6. The van der Waals surface area contributed by atoms with E-state index in [0.29, 0.717) is 26.2 Å². The van der Waals surface area contributed by atoms with Crippen LogP contribution in [0.1, 0.15) is 19.3 Å². The number of benzene rings is 1. The smallest absolute Gasteiger partial charge is 0.288 e. The van der Waals surface area contributed by atoms with Gasteiger partial charge in [0, 0.05) is 43.9 Å². The monoisotopic (exact) mass is 359 g/mol. The van der Waals surface area contributed by atoms with Crippen LogP contribution in [-0.4, -0.2) is 62.3 Å². The molecule has 1 aliphatic heterocycles. The minimum atomic E-state index is -0.627. The summed E-state index contributed by atoms with van der Waals surface area (Å²) in [5, 5.41) is 2.48. The number of carbonyl (C=O) groups is 3.